The first-order valence-corrected chi connectivity index (χ1v) is 27.6. The Morgan fingerprint density at radius 2 is 1.15 bits per heavy atom. The molecule has 2 rings (SSSR count). The third kappa shape index (κ3) is 30.0. The van der Waals surface area contributed by atoms with E-state index in [0.29, 0.717) is 25.9 Å². The Hall–Kier alpha value is -9.16. The van der Waals surface area contributed by atoms with Crippen molar-refractivity contribution in [3.05, 3.63) is 30.4 Å². The second-order valence-corrected chi connectivity index (χ2v) is 19.9. The van der Waals surface area contributed by atoms with Crippen LogP contribution in [0.15, 0.2) is 24.7 Å². The molecule has 87 heavy (non-hydrogen) atoms. The zero-order chi connectivity index (χ0) is 65.0. The number of ether oxygens (including phenoxy) is 2. The number of unbranched alkanes of at least 4 members (excludes halogenated alkanes) is 2. The van der Waals surface area contributed by atoms with E-state index in [1.807, 2.05) is 5.32 Å². The summed E-state index contributed by atoms with van der Waals surface area (Å²) in [6.07, 6.45) is 3.67. The van der Waals surface area contributed by atoms with E-state index in [0.717, 1.165) is 17.1 Å². The monoisotopic (exact) mass is 1240 g/mol. The summed E-state index contributed by atoms with van der Waals surface area (Å²) in [5.41, 5.74) is 11.0. The van der Waals surface area contributed by atoms with Crippen LogP contribution in [0.25, 0.3) is 0 Å². The zero-order valence-corrected chi connectivity index (χ0v) is 48.5. The lowest BCUT2D eigenvalue weighted by atomic mass is 10.0. The number of nitrogens with two attached hydrogens (primary N) is 2. The van der Waals surface area contributed by atoms with Gasteiger partial charge in [-0.2, -0.15) is 0 Å². The van der Waals surface area contributed by atoms with Crippen molar-refractivity contribution in [1.29, 1.82) is 5.41 Å². The van der Waals surface area contributed by atoms with Gasteiger partial charge >= 0.3 is 5.97 Å². The van der Waals surface area contributed by atoms with Crippen molar-refractivity contribution in [2.24, 2.45) is 17.4 Å². The van der Waals surface area contributed by atoms with E-state index in [1.165, 1.54) is 19.6 Å². The molecule has 7 atom stereocenters. The first-order valence-electron chi connectivity index (χ1n) is 27.6. The number of nitrogens with one attached hydrogen (secondary N) is 13. The van der Waals surface area contributed by atoms with Gasteiger partial charge in [0, 0.05) is 57.9 Å². The van der Waals surface area contributed by atoms with Gasteiger partial charge in [-0.25, -0.2) is 4.98 Å². The average Bonchev–Trinajstić information content (AvgIpc) is 4.30. The van der Waals surface area contributed by atoms with Crippen LogP contribution in [0.2, 0.25) is 0 Å². The number of rotatable bonds is 44. The highest BCUT2D eigenvalue weighted by atomic mass is 16.5. The maximum atomic E-state index is 13.7. The average molecular weight is 1240 g/mol. The number of hydrogen-bond acceptors (Lipinski definition) is 20. The molecule has 20 N–H and O–H groups in total. The van der Waals surface area contributed by atoms with Gasteiger partial charge in [0.05, 0.1) is 71.0 Å². The van der Waals surface area contributed by atoms with Crippen molar-refractivity contribution in [2.45, 2.75) is 120 Å². The van der Waals surface area contributed by atoms with E-state index in [2.05, 4.69) is 63.1 Å². The van der Waals surface area contributed by atoms with Gasteiger partial charge in [-0.05, 0) is 38.0 Å². The van der Waals surface area contributed by atoms with E-state index < -0.39 is 170 Å². The van der Waals surface area contributed by atoms with Gasteiger partial charge in [-0.3, -0.25) is 77.4 Å². The number of imide groups is 1. The number of aromatic nitrogens is 2. The third-order valence-corrected chi connectivity index (χ3v) is 12.3. The SMILES string of the molecule is COCCOCCNC(=O)CNC(=O)[C@H](Cc1c[nH]cn1)NC(=O)[C@H](CC(N)=O)NC(=O)[C@H](CC(=O)O)NC(=O)[C@H](CO)NC(=O)[C@H](CCCNC(=N)N)NC(=O)CNC(=O)[C@H](CO)NC(=O)[C@H](CC(C)C)NC(=O)CCCCCN1C(=O)C=CC1=O. The molecule has 36 heteroatoms. The molecule has 1 aromatic heterocycles. The van der Waals surface area contributed by atoms with E-state index in [1.54, 1.807) is 13.8 Å². The molecule has 36 nitrogen and oxygen atoms in total. The summed E-state index contributed by atoms with van der Waals surface area (Å²) in [5.74, 6) is -14.5. The maximum Gasteiger partial charge on any atom is 0.305 e. The Bertz CT molecular complexity index is 2550. The van der Waals surface area contributed by atoms with Crippen LogP contribution < -0.4 is 70.0 Å². The number of H-pyrrole nitrogens is 1. The van der Waals surface area contributed by atoms with Gasteiger partial charge < -0.3 is 99.7 Å². The number of carboxylic acid groups (broad SMARTS) is 1. The molecule has 2 heterocycles. The lowest BCUT2D eigenvalue weighted by Crippen LogP contribution is -2.60. The summed E-state index contributed by atoms with van der Waals surface area (Å²) in [5, 5.41) is 62.9. The summed E-state index contributed by atoms with van der Waals surface area (Å²) in [7, 11) is 1.48. The fraction of sp³-hybridized carbons (Fsp3) is 0.608. The number of aliphatic hydroxyl groups excluding tert-OH is 2. The molecule has 0 saturated heterocycles. The number of imidazole rings is 1. The Kier molecular flexibility index (Phi) is 34.2. The van der Waals surface area contributed by atoms with Gasteiger partial charge in [0.25, 0.3) is 11.8 Å². The number of nitrogens with zero attached hydrogens (tertiary/aromatic N) is 2. The summed E-state index contributed by atoms with van der Waals surface area (Å²) in [6.45, 7) is 0.884. The largest absolute Gasteiger partial charge is 0.481 e. The van der Waals surface area contributed by atoms with Gasteiger partial charge in [0.1, 0.15) is 42.3 Å². The summed E-state index contributed by atoms with van der Waals surface area (Å²) < 4.78 is 10.1. The van der Waals surface area contributed by atoms with Crippen LogP contribution >= 0.6 is 0 Å². The number of primary amides is 1. The zero-order valence-electron chi connectivity index (χ0n) is 48.5. The molecule has 0 fully saturated rings. The number of methoxy groups -OCH3 is 1. The molecular formula is C51H81N17O19. The minimum Gasteiger partial charge on any atom is -0.481 e. The summed E-state index contributed by atoms with van der Waals surface area (Å²) >= 11 is 0. The molecule has 1 aromatic rings. The van der Waals surface area contributed by atoms with E-state index in [4.69, 9.17) is 26.4 Å². The molecular weight excluding hydrogens is 1150 g/mol. The molecule has 0 radical (unpaired) electrons. The lowest BCUT2D eigenvalue weighted by Gasteiger charge is -2.26. The van der Waals surface area contributed by atoms with Crippen molar-refractivity contribution < 1.29 is 91.9 Å². The number of aliphatic hydroxyl groups is 2. The van der Waals surface area contributed by atoms with Crippen molar-refractivity contribution in [3.63, 3.8) is 0 Å². The number of aromatic amines is 1. The van der Waals surface area contributed by atoms with Crippen LogP contribution in [0.3, 0.4) is 0 Å². The van der Waals surface area contributed by atoms with Crippen LogP contribution in [0.1, 0.15) is 77.3 Å². The van der Waals surface area contributed by atoms with Crippen LogP contribution in [0.5, 0.6) is 0 Å². The van der Waals surface area contributed by atoms with Crippen molar-refractivity contribution in [3.8, 4) is 0 Å². The first kappa shape index (κ1) is 73.9. The van der Waals surface area contributed by atoms with Gasteiger partial charge in [0.2, 0.25) is 65.0 Å². The predicted molar refractivity (Wildman–Crippen MR) is 301 cm³/mol. The Morgan fingerprint density at radius 3 is 1.71 bits per heavy atom. The fourth-order valence-corrected chi connectivity index (χ4v) is 7.91. The summed E-state index contributed by atoms with van der Waals surface area (Å²) in [6, 6.07) is -11.9. The van der Waals surface area contributed by atoms with Crippen molar-refractivity contribution >= 4 is 88.7 Å². The van der Waals surface area contributed by atoms with E-state index >= 15 is 0 Å². The highest BCUT2D eigenvalue weighted by molar-refractivity contribution is 6.13. The second kappa shape index (κ2) is 40.2. The molecule has 0 spiro atoms. The van der Waals surface area contributed by atoms with Gasteiger partial charge in [0.15, 0.2) is 5.96 Å². The van der Waals surface area contributed by atoms with Gasteiger partial charge in [-0.1, -0.05) is 20.3 Å². The molecule has 0 bridgehead atoms. The minimum absolute atomic E-state index is 0.00693. The molecule has 484 valence electrons. The van der Waals surface area contributed by atoms with E-state index in [9.17, 15) is 82.4 Å². The second-order valence-electron chi connectivity index (χ2n) is 19.9. The molecule has 0 saturated carbocycles. The molecule has 0 aromatic carbocycles. The van der Waals surface area contributed by atoms with Crippen LogP contribution in [0, 0.1) is 11.3 Å². The van der Waals surface area contributed by atoms with Crippen molar-refractivity contribution in [2.75, 3.05) is 72.9 Å². The predicted octanol–water partition coefficient (Wildman–Crippen LogP) is -8.51. The Morgan fingerprint density at radius 1 is 0.609 bits per heavy atom. The van der Waals surface area contributed by atoms with Gasteiger partial charge in [-0.15, -0.1) is 0 Å². The smallest absolute Gasteiger partial charge is 0.305 e. The maximum absolute atomic E-state index is 13.7. The topological polar surface area (TPSA) is 558 Å². The van der Waals surface area contributed by atoms with E-state index in [-0.39, 0.29) is 76.6 Å². The fourth-order valence-electron chi connectivity index (χ4n) is 7.91. The van der Waals surface area contributed by atoms with Crippen LogP contribution in [0.4, 0.5) is 0 Å². The Balaban J connectivity index is 2.15. The minimum atomic E-state index is -2.10. The molecule has 13 amide bonds. The molecule has 1 aliphatic heterocycles. The standard InChI is InChI=1S/C51H81N17O19/c1-28(2)18-31(62-38(72)9-5-4-6-14-68-41(75)10-11-42(68)76)47(82)66-35(25-69)45(80)59-24-40(74)61-30(8-7-12-57-51(53)54)46(81)67-36(26-70)50(85)65-34(21-43(77)78)49(84)64-33(20-37(52)71)48(83)63-32(19-29-22-55-27-60-29)44(79)58-23-39(73)56-13-15-87-17-16-86-3/h10-11,22,27-28,30-36,69-70H,4-9,12-21,23-26H2,1-3H3,(H2,52,71)(H,55,60)(H,56,73)(H,58,79)(H,59,80)(H,61,74)(H,62,72)(H,63,83)(H,64,84)(H,65,85)(H,66,82)(H,67,81)(H,77,78)(H4,53,54,57)/t30-,31-,32-,33-,34-,35-,36-/m0/s1. The number of aliphatic carboxylic acids is 1. The summed E-state index contributed by atoms with van der Waals surface area (Å²) in [4.78, 5) is 189. The number of hydrogen-bond donors (Lipinski definition) is 18. The quantitative estimate of drug-likeness (QED) is 0.0125. The third-order valence-electron chi connectivity index (χ3n) is 12.3. The van der Waals surface area contributed by atoms with Crippen LogP contribution in [-0.4, -0.2) is 234 Å². The number of carbonyl (C=O) groups is 14. The lowest BCUT2D eigenvalue weighted by molar-refractivity contribution is -0.142. The molecule has 0 aliphatic carbocycles. The van der Waals surface area contributed by atoms with Crippen LogP contribution in [-0.2, 0) is 83.0 Å². The highest BCUT2D eigenvalue weighted by Gasteiger charge is 2.35. The Labute approximate surface area is 499 Å². The molecule has 0 unspecified atom stereocenters. The molecule has 1 aliphatic rings. The first-order chi connectivity index (χ1) is 41.3. The number of guanidine groups is 1. The number of carboxylic acids is 1. The number of carbonyl (C=O) groups excluding carboxylic acids is 13. The normalized spacial score (nSPS) is 14.2. The number of amides is 13. The highest BCUT2D eigenvalue weighted by Crippen LogP contribution is 2.11. The van der Waals surface area contributed by atoms with Crippen molar-refractivity contribution in [1.82, 2.24) is 73.4 Å².